The van der Waals surface area contributed by atoms with Gasteiger partial charge in [-0.2, -0.15) is 5.01 Å². The van der Waals surface area contributed by atoms with Crippen molar-refractivity contribution in [2.24, 2.45) is 10.8 Å². The van der Waals surface area contributed by atoms with Crippen molar-refractivity contribution < 1.29 is 9.90 Å². The Morgan fingerprint density at radius 2 is 2.21 bits per heavy atom. The lowest BCUT2D eigenvalue weighted by Gasteiger charge is -2.14. The number of para-hydroxylation sites is 2. The topological polar surface area (TPSA) is 103 Å². The van der Waals surface area contributed by atoms with Crippen LogP contribution in [0.5, 0.6) is 5.75 Å². The molecule has 0 aliphatic heterocycles. The van der Waals surface area contributed by atoms with Crippen molar-refractivity contribution in [2.45, 2.75) is 0 Å². The van der Waals surface area contributed by atoms with E-state index in [0.29, 0.717) is 0 Å². The second kappa shape index (κ2) is 4.06. The van der Waals surface area contributed by atoms with Crippen LogP contribution in [0.1, 0.15) is 0 Å². The van der Waals surface area contributed by atoms with E-state index in [0.717, 1.165) is 5.01 Å². The fourth-order valence-electron chi connectivity index (χ4n) is 0.922. The molecule has 6 nitrogen and oxygen atoms in total. The highest BCUT2D eigenvalue weighted by Gasteiger charge is 2.11. The summed E-state index contributed by atoms with van der Waals surface area (Å²) in [5.74, 6) is -0.600. The molecule has 0 bridgehead atoms. The minimum absolute atomic E-state index is 0.123. The molecule has 72 valence electrons. The minimum atomic E-state index is -0.477. The van der Waals surface area contributed by atoms with E-state index < -0.39 is 5.96 Å². The minimum Gasteiger partial charge on any atom is -0.506 e. The molecule has 4 N–H and O–H groups in total. The number of aromatic hydroxyl groups is 1. The summed E-state index contributed by atoms with van der Waals surface area (Å²) < 4.78 is 0. The third-order valence-electron chi connectivity index (χ3n) is 1.48. The molecule has 1 aromatic carbocycles. The molecule has 6 heteroatoms. The van der Waals surface area contributed by atoms with Crippen LogP contribution in [0.3, 0.4) is 0 Å². The van der Waals surface area contributed by atoms with Crippen LogP contribution in [0.15, 0.2) is 29.4 Å². The number of hydrogen-bond donors (Lipinski definition) is 3. The van der Waals surface area contributed by atoms with Gasteiger partial charge in [-0.1, -0.05) is 17.2 Å². The molecule has 0 aromatic heterocycles. The fraction of sp³-hybridized carbons (Fsp3) is 0. The number of isocyanates is 1. The van der Waals surface area contributed by atoms with Gasteiger partial charge in [0.15, 0.2) is 0 Å². The van der Waals surface area contributed by atoms with E-state index in [-0.39, 0.29) is 11.4 Å². The molecule has 14 heavy (non-hydrogen) atoms. The zero-order chi connectivity index (χ0) is 10.6. The Hall–Kier alpha value is -2.33. The number of phenolic OH excluding ortho intramolecular Hbond substituents is 1. The predicted octanol–water partition coefficient (Wildman–Crippen LogP) is 0.343. The van der Waals surface area contributed by atoms with Crippen LogP contribution < -0.4 is 10.7 Å². The molecule has 0 spiro atoms. The number of carbonyl (C=O) groups excluding carboxylic acids is 1. The molecular formula is C8H8N4O2. The molecule has 0 fully saturated rings. The van der Waals surface area contributed by atoms with E-state index in [4.69, 9.17) is 11.1 Å². The first kappa shape index (κ1) is 9.76. The number of benzene rings is 1. The Kier molecular flexibility index (Phi) is 2.83. The summed E-state index contributed by atoms with van der Waals surface area (Å²) in [5.41, 5.74) is 5.31. The number of nitrogens with two attached hydrogens (primary N) is 1. The van der Waals surface area contributed by atoms with Crippen LogP contribution in [0.25, 0.3) is 0 Å². The van der Waals surface area contributed by atoms with Crippen LogP contribution in [-0.4, -0.2) is 17.1 Å². The summed E-state index contributed by atoms with van der Waals surface area (Å²) in [6, 6.07) is 6.08. The van der Waals surface area contributed by atoms with Gasteiger partial charge >= 0.3 is 0 Å². The van der Waals surface area contributed by atoms with Gasteiger partial charge in [0, 0.05) is 0 Å². The highest BCUT2D eigenvalue weighted by molar-refractivity contribution is 5.93. The first-order valence-corrected chi connectivity index (χ1v) is 3.66. The number of rotatable bonds is 2. The van der Waals surface area contributed by atoms with Crippen LogP contribution in [0.2, 0.25) is 0 Å². The standard InChI is InChI=1S/C8H8N4O2/c9-8(10)12(11-5-13)6-3-1-2-4-7(6)14/h1-4,14H,(H3,9,10). The Balaban J connectivity index is 3.18. The molecule has 0 amide bonds. The SMILES string of the molecule is N=C(N)N(N=C=O)c1ccccc1O. The Morgan fingerprint density at radius 1 is 1.57 bits per heavy atom. The van der Waals surface area contributed by atoms with Gasteiger partial charge in [-0.3, -0.25) is 5.41 Å². The molecule has 1 aromatic rings. The van der Waals surface area contributed by atoms with E-state index in [2.05, 4.69) is 5.10 Å². The Morgan fingerprint density at radius 3 is 2.71 bits per heavy atom. The fourth-order valence-corrected chi connectivity index (χ4v) is 0.922. The molecule has 0 atom stereocenters. The average Bonchev–Trinajstić information content (AvgIpc) is 2.15. The maximum Gasteiger partial charge on any atom is 0.259 e. The van der Waals surface area contributed by atoms with Crippen molar-refractivity contribution >= 4 is 17.7 Å². The first-order valence-electron chi connectivity index (χ1n) is 3.66. The molecule has 1 rings (SSSR count). The number of hydrogen-bond acceptors (Lipinski definition) is 4. The molecule has 0 saturated heterocycles. The van der Waals surface area contributed by atoms with Crippen molar-refractivity contribution in [3.05, 3.63) is 24.3 Å². The summed E-state index contributed by atoms with van der Waals surface area (Å²) in [4.78, 5) is 10.0. The van der Waals surface area contributed by atoms with Gasteiger partial charge in [0.25, 0.3) is 6.08 Å². The van der Waals surface area contributed by atoms with E-state index in [1.807, 2.05) is 0 Å². The zero-order valence-corrected chi connectivity index (χ0v) is 7.14. The number of nitrogens with zero attached hydrogens (tertiary/aromatic N) is 2. The van der Waals surface area contributed by atoms with Crippen molar-refractivity contribution in [1.82, 2.24) is 0 Å². The van der Waals surface area contributed by atoms with Crippen LogP contribution in [-0.2, 0) is 4.79 Å². The average molecular weight is 192 g/mol. The lowest BCUT2D eigenvalue weighted by molar-refractivity contribution is 0.476. The van der Waals surface area contributed by atoms with E-state index in [9.17, 15) is 9.90 Å². The van der Waals surface area contributed by atoms with Crippen LogP contribution >= 0.6 is 0 Å². The normalized spacial score (nSPS) is 8.86. The molecular weight excluding hydrogens is 184 g/mol. The highest BCUT2D eigenvalue weighted by Crippen LogP contribution is 2.25. The van der Waals surface area contributed by atoms with Gasteiger partial charge in [-0.05, 0) is 12.1 Å². The summed E-state index contributed by atoms with van der Waals surface area (Å²) in [6.07, 6.45) is 1.24. The Bertz CT molecular complexity index is 396. The summed E-state index contributed by atoms with van der Waals surface area (Å²) in [7, 11) is 0. The van der Waals surface area contributed by atoms with Crippen molar-refractivity contribution in [3.63, 3.8) is 0 Å². The third kappa shape index (κ3) is 1.88. The first-order chi connectivity index (χ1) is 6.66. The van der Waals surface area contributed by atoms with Gasteiger partial charge in [-0.25, -0.2) is 4.79 Å². The van der Waals surface area contributed by atoms with Gasteiger partial charge < -0.3 is 10.8 Å². The molecule has 0 radical (unpaired) electrons. The number of hydrazone groups is 1. The molecule has 0 heterocycles. The lowest BCUT2D eigenvalue weighted by Crippen LogP contribution is -2.31. The van der Waals surface area contributed by atoms with Gasteiger partial charge in [0.1, 0.15) is 11.4 Å². The van der Waals surface area contributed by atoms with Gasteiger partial charge in [0.2, 0.25) is 5.96 Å². The molecule has 0 unspecified atom stereocenters. The van der Waals surface area contributed by atoms with Crippen molar-refractivity contribution in [1.29, 1.82) is 5.41 Å². The second-order valence-corrected chi connectivity index (χ2v) is 2.38. The predicted molar refractivity (Wildman–Crippen MR) is 50.6 cm³/mol. The number of phenols is 1. The maximum absolute atomic E-state index is 10.0. The quantitative estimate of drug-likeness (QED) is 0.272. The molecule has 0 saturated carbocycles. The van der Waals surface area contributed by atoms with Crippen LogP contribution in [0.4, 0.5) is 5.69 Å². The van der Waals surface area contributed by atoms with Crippen molar-refractivity contribution in [2.75, 3.05) is 5.01 Å². The number of anilines is 1. The maximum atomic E-state index is 10.0. The summed E-state index contributed by atoms with van der Waals surface area (Å²) in [6.45, 7) is 0. The van der Waals surface area contributed by atoms with Crippen molar-refractivity contribution in [3.8, 4) is 5.75 Å². The second-order valence-electron chi connectivity index (χ2n) is 2.38. The van der Waals surface area contributed by atoms with Crippen LogP contribution in [0, 0.1) is 5.41 Å². The molecule has 0 aliphatic carbocycles. The van der Waals surface area contributed by atoms with E-state index in [1.165, 1.54) is 18.2 Å². The van der Waals surface area contributed by atoms with Gasteiger partial charge in [-0.15, -0.1) is 0 Å². The smallest absolute Gasteiger partial charge is 0.259 e. The van der Waals surface area contributed by atoms with E-state index >= 15 is 0 Å². The summed E-state index contributed by atoms with van der Waals surface area (Å²) in [5, 5.41) is 20.4. The van der Waals surface area contributed by atoms with E-state index in [1.54, 1.807) is 12.1 Å². The van der Waals surface area contributed by atoms with Gasteiger partial charge in [0.05, 0.1) is 0 Å². The summed E-state index contributed by atoms with van der Waals surface area (Å²) >= 11 is 0. The highest BCUT2D eigenvalue weighted by atomic mass is 16.3. The number of nitrogens with one attached hydrogen (secondary N) is 1. The monoisotopic (exact) mass is 192 g/mol. The molecule has 0 aliphatic rings. The third-order valence-corrected chi connectivity index (χ3v) is 1.48. The largest absolute Gasteiger partial charge is 0.506 e. The number of guanidine groups is 1. The zero-order valence-electron chi connectivity index (χ0n) is 7.14. The Labute approximate surface area is 79.8 Å². The lowest BCUT2D eigenvalue weighted by atomic mass is 10.3.